The van der Waals surface area contributed by atoms with Crippen LogP contribution >= 0.6 is 0 Å². The van der Waals surface area contributed by atoms with Crippen molar-refractivity contribution in [2.45, 2.75) is 37.2 Å². The van der Waals surface area contributed by atoms with Crippen LogP contribution < -0.4 is 19.1 Å². The van der Waals surface area contributed by atoms with E-state index in [0.29, 0.717) is 17.2 Å². The molecule has 7 nitrogen and oxygen atoms in total. The fourth-order valence-corrected chi connectivity index (χ4v) is 6.00. The van der Waals surface area contributed by atoms with Gasteiger partial charge >= 0.3 is 0 Å². The highest BCUT2D eigenvalue weighted by atomic mass is 32.2. The first-order valence-corrected chi connectivity index (χ1v) is 14.4. The molecule has 0 unspecified atom stereocenters. The molecule has 1 atom stereocenters. The molecule has 4 aromatic carbocycles. The molecule has 1 heterocycles. The first-order chi connectivity index (χ1) is 18.6. The van der Waals surface area contributed by atoms with Gasteiger partial charge in [0.15, 0.2) is 6.10 Å². The minimum absolute atomic E-state index is 0.144. The van der Waals surface area contributed by atoms with Crippen LogP contribution in [0.4, 0.5) is 5.69 Å². The summed E-state index contributed by atoms with van der Waals surface area (Å²) < 4.78 is 40.6. The lowest BCUT2D eigenvalue weighted by Gasteiger charge is -2.36. The number of benzene rings is 4. The number of rotatable bonds is 7. The molecule has 0 spiro atoms. The Hall–Kier alpha value is -4.04. The van der Waals surface area contributed by atoms with Gasteiger partial charge in [-0.2, -0.15) is 0 Å². The molecule has 0 radical (unpaired) electrons. The van der Waals surface area contributed by atoms with Crippen LogP contribution in [0.5, 0.6) is 11.5 Å². The van der Waals surface area contributed by atoms with Crippen molar-refractivity contribution in [3.05, 3.63) is 96.6 Å². The lowest BCUT2D eigenvalue weighted by atomic mass is 9.86. The van der Waals surface area contributed by atoms with Crippen LogP contribution in [-0.4, -0.2) is 40.1 Å². The molecular weight excluding hydrogens is 512 g/mol. The largest absolute Gasteiger partial charge is 0.492 e. The number of carbonyl (C=O) groups is 1. The average molecular weight is 545 g/mol. The maximum Gasteiger partial charge on any atom is 0.264 e. The van der Waals surface area contributed by atoms with Gasteiger partial charge in [-0.3, -0.25) is 9.10 Å². The second-order valence-electron chi connectivity index (χ2n) is 10.5. The van der Waals surface area contributed by atoms with Crippen LogP contribution in [-0.2, 0) is 20.2 Å². The van der Waals surface area contributed by atoms with Crippen LogP contribution in [0, 0.1) is 0 Å². The standard InChI is InChI=1S/C31H32N2O5S/c1-31(2,3)24-14-16-28-27(20-24)33(39(35,36)26-11-5-4-6-12-26)21-29(38-28)30(34)32-17-18-37-25-15-13-22-9-7-8-10-23(22)19-25/h4-16,19-20,29H,17-18,21H2,1-3H3,(H,32,34)/t29-/m0/s1. The van der Waals surface area contributed by atoms with E-state index in [2.05, 4.69) is 26.1 Å². The number of carbonyl (C=O) groups excluding carboxylic acids is 1. The Kier molecular flexibility index (Phi) is 7.23. The van der Waals surface area contributed by atoms with E-state index in [1.807, 2.05) is 54.6 Å². The van der Waals surface area contributed by atoms with E-state index in [0.717, 1.165) is 16.3 Å². The Balaban J connectivity index is 1.31. The Morgan fingerprint density at radius 2 is 1.67 bits per heavy atom. The third kappa shape index (κ3) is 5.71. The highest BCUT2D eigenvalue weighted by Crippen LogP contribution is 2.40. The zero-order chi connectivity index (χ0) is 27.6. The van der Waals surface area contributed by atoms with E-state index in [-0.39, 0.29) is 30.0 Å². The van der Waals surface area contributed by atoms with Crippen molar-refractivity contribution in [3.8, 4) is 11.5 Å². The summed E-state index contributed by atoms with van der Waals surface area (Å²) in [5.74, 6) is 0.651. The van der Waals surface area contributed by atoms with E-state index in [1.54, 1.807) is 36.4 Å². The number of anilines is 1. The number of sulfonamides is 1. The molecule has 1 amide bonds. The molecule has 39 heavy (non-hydrogen) atoms. The van der Waals surface area contributed by atoms with Crippen molar-refractivity contribution < 1.29 is 22.7 Å². The quantitative estimate of drug-likeness (QED) is 0.320. The van der Waals surface area contributed by atoms with Crippen LogP contribution in [0.25, 0.3) is 10.8 Å². The topological polar surface area (TPSA) is 84.9 Å². The zero-order valence-electron chi connectivity index (χ0n) is 22.3. The molecule has 0 aromatic heterocycles. The van der Waals surface area contributed by atoms with Gasteiger partial charge in [0.05, 0.1) is 23.7 Å². The molecule has 8 heteroatoms. The van der Waals surface area contributed by atoms with Crippen molar-refractivity contribution >= 4 is 32.4 Å². The summed E-state index contributed by atoms with van der Waals surface area (Å²) in [5, 5.41) is 5.02. The predicted molar refractivity (Wildman–Crippen MR) is 153 cm³/mol. The molecule has 4 aromatic rings. The van der Waals surface area contributed by atoms with Gasteiger partial charge in [0, 0.05) is 0 Å². The smallest absolute Gasteiger partial charge is 0.264 e. The highest BCUT2D eigenvalue weighted by Gasteiger charge is 2.38. The van der Waals surface area contributed by atoms with Crippen molar-refractivity contribution in [1.29, 1.82) is 0 Å². The number of ether oxygens (including phenoxy) is 2. The monoisotopic (exact) mass is 544 g/mol. The second-order valence-corrected chi connectivity index (χ2v) is 12.4. The zero-order valence-corrected chi connectivity index (χ0v) is 23.1. The number of hydrogen-bond acceptors (Lipinski definition) is 5. The van der Waals surface area contributed by atoms with Crippen LogP contribution in [0.2, 0.25) is 0 Å². The van der Waals surface area contributed by atoms with Crippen molar-refractivity contribution in [1.82, 2.24) is 5.32 Å². The average Bonchev–Trinajstić information content (AvgIpc) is 2.94. The summed E-state index contributed by atoms with van der Waals surface area (Å²) in [6.07, 6.45) is -1.02. The molecule has 1 aliphatic rings. The molecule has 1 aliphatic heterocycles. The third-order valence-corrected chi connectivity index (χ3v) is 8.50. The first kappa shape index (κ1) is 26.6. The molecular formula is C31H32N2O5S. The maximum absolute atomic E-state index is 13.7. The SMILES string of the molecule is CC(C)(C)c1ccc2c(c1)N(S(=O)(=O)c1ccccc1)C[C@@H](C(=O)NCCOc1ccc3ccccc3c1)O2. The number of hydrogen-bond donors (Lipinski definition) is 1. The second kappa shape index (κ2) is 10.6. The lowest BCUT2D eigenvalue weighted by Crippen LogP contribution is -2.51. The number of fused-ring (bicyclic) bond motifs is 2. The van der Waals surface area contributed by atoms with Crippen molar-refractivity contribution in [3.63, 3.8) is 0 Å². The minimum atomic E-state index is -3.93. The third-order valence-electron chi connectivity index (χ3n) is 6.71. The van der Waals surface area contributed by atoms with E-state index in [1.165, 1.54) is 4.31 Å². The van der Waals surface area contributed by atoms with Crippen molar-refractivity contribution in [2.75, 3.05) is 24.0 Å². The molecule has 0 aliphatic carbocycles. The Morgan fingerprint density at radius 1 is 0.949 bits per heavy atom. The summed E-state index contributed by atoms with van der Waals surface area (Å²) in [6.45, 7) is 6.54. The van der Waals surface area contributed by atoms with E-state index < -0.39 is 22.0 Å². The number of amides is 1. The highest BCUT2D eigenvalue weighted by molar-refractivity contribution is 7.92. The van der Waals surface area contributed by atoms with E-state index in [9.17, 15) is 13.2 Å². The lowest BCUT2D eigenvalue weighted by molar-refractivity contribution is -0.127. The summed E-state index contributed by atoms with van der Waals surface area (Å²) >= 11 is 0. The molecule has 1 N–H and O–H groups in total. The molecule has 0 fully saturated rings. The minimum Gasteiger partial charge on any atom is -0.492 e. The van der Waals surface area contributed by atoms with Gasteiger partial charge in [0.25, 0.3) is 15.9 Å². The Morgan fingerprint density at radius 3 is 2.41 bits per heavy atom. The first-order valence-electron chi connectivity index (χ1n) is 12.9. The summed E-state index contributed by atoms with van der Waals surface area (Å²) in [4.78, 5) is 13.3. The predicted octanol–water partition coefficient (Wildman–Crippen LogP) is 5.29. The molecule has 0 saturated heterocycles. The Labute approximate surface area is 229 Å². The molecule has 0 saturated carbocycles. The van der Waals surface area contributed by atoms with Gasteiger partial charge in [-0.25, -0.2) is 8.42 Å². The van der Waals surface area contributed by atoms with Crippen LogP contribution in [0.3, 0.4) is 0 Å². The van der Waals surface area contributed by atoms with Gasteiger partial charge < -0.3 is 14.8 Å². The fourth-order valence-electron chi connectivity index (χ4n) is 4.52. The van der Waals surface area contributed by atoms with Crippen molar-refractivity contribution in [2.24, 2.45) is 0 Å². The number of nitrogens with zero attached hydrogens (tertiary/aromatic N) is 1. The van der Waals surface area contributed by atoms with E-state index in [4.69, 9.17) is 9.47 Å². The Bertz CT molecular complexity index is 1600. The summed E-state index contributed by atoms with van der Waals surface area (Å²) in [6, 6.07) is 27.6. The summed E-state index contributed by atoms with van der Waals surface area (Å²) in [5.41, 5.74) is 1.19. The molecule has 0 bridgehead atoms. The van der Waals surface area contributed by atoms with E-state index >= 15 is 0 Å². The van der Waals surface area contributed by atoms with Gasteiger partial charge in [0.1, 0.15) is 18.1 Å². The van der Waals surface area contributed by atoms with Gasteiger partial charge in [-0.1, -0.05) is 75.4 Å². The molecule has 202 valence electrons. The maximum atomic E-state index is 13.7. The van der Waals surface area contributed by atoms with Gasteiger partial charge in [0.2, 0.25) is 0 Å². The van der Waals surface area contributed by atoms with Gasteiger partial charge in [-0.15, -0.1) is 0 Å². The normalized spacial score (nSPS) is 15.4. The number of nitrogens with one attached hydrogen (secondary N) is 1. The van der Waals surface area contributed by atoms with Crippen LogP contribution in [0.15, 0.2) is 95.9 Å². The van der Waals surface area contributed by atoms with Gasteiger partial charge in [-0.05, 0) is 58.1 Å². The molecule has 5 rings (SSSR count). The fraction of sp³-hybridized carbons (Fsp3) is 0.258. The summed E-state index contributed by atoms with van der Waals surface area (Å²) in [7, 11) is -3.93. The van der Waals surface area contributed by atoms with Crippen LogP contribution in [0.1, 0.15) is 26.3 Å².